The van der Waals surface area contributed by atoms with Gasteiger partial charge in [0.2, 0.25) is 0 Å². The number of pyridine rings is 1. The Hall–Kier alpha value is -2.31. The Morgan fingerprint density at radius 3 is 2.66 bits per heavy atom. The Kier molecular flexibility index (Phi) is 6.65. The minimum atomic E-state index is -0.292. The molecule has 29 heavy (non-hydrogen) atoms. The number of hydrogen-bond donors (Lipinski definition) is 1. The number of amides is 1. The van der Waals surface area contributed by atoms with Gasteiger partial charge in [-0.25, -0.2) is 4.98 Å². The van der Waals surface area contributed by atoms with Crippen molar-refractivity contribution < 1.29 is 14.3 Å². The molecule has 0 aliphatic carbocycles. The molecule has 1 fully saturated rings. The van der Waals surface area contributed by atoms with Crippen LogP contribution in [0, 0.1) is 6.92 Å². The first-order valence-electron chi connectivity index (χ1n) is 9.78. The van der Waals surface area contributed by atoms with Crippen LogP contribution in [0.15, 0.2) is 30.5 Å². The van der Waals surface area contributed by atoms with Gasteiger partial charge in [0.1, 0.15) is 17.2 Å². The maximum absolute atomic E-state index is 12.6. The van der Waals surface area contributed by atoms with Crippen molar-refractivity contribution in [2.45, 2.75) is 39.8 Å². The van der Waals surface area contributed by atoms with Crippen molar-refractivity contribution in [1.29, 1.82) is 0 Å². The van der Waals surface area contributed by atoms with E-state index in [9.17, 15) is 4.79 Å². The summed E-state index contributed by atoms with van der Waals surface area (Å²) in [4.78, 5) is 18.7. The highest BCUT2D eigenvalue weighted by molar-refractivity contribution is 6.33. The summed E-state index contributed by atoms with van der Waals surface area (Å²) in [6.07, 6.45) is 1.56. The molecular formula is C22H28ClN3O3. The number of anilines is 1. The summed E-state index contributed by atoms with van der Waals surface area (Å²) < 4.78 is 11.4. The second-order valence-corrected chi connectivity index (χ2v) is 8.55. The molecule has 0 bridgehead atoms. The molecule has 0 unspecified atom stereocenters. The second kappa shape index (κ2) is 9.01. The molecule has 7 heteroatoms. The van der Waals surface area contributed by atoms with Crippen LogP contribution in [-0.2, 0) is 11.3 Å². The molecule has 1 aromatic heterocycles. The molecule has 1 aliphatic rings. The number of rotatable bonds is 5. The maximum atomic E-state index is 12.6. The molecule has 1 aromatic carbocycles. The van der Waals surface area contributed by atoms with Crippen LogP contribution in [0.4, 0.5) is 5.82 Å². The first-order chi connectivity index (χ1) is 13.7. The van der Waals surface area contributed by atoms with Gasteiger partial charge in [-0.05, 0) is 45.4 Å². The van der Waals surface area contributed by atoms with Gasteiger partial charge in [0.25, 0.3) is 5.91 Å². The molecular weight excluding hydrogens is 390 g/mol. The van der Waals surface area contributed by atoms with Crippen molar-refractivity contribution in [2.75, 3.05) is 31.6 Å². The summed E-state index contributed by atoms with van der Waals surface area (Å²) >= 11 is 6.40. The highest BCUT2D eigenvalue weighted by Crippen LogP contribution is 2.27. The summed E-state index contributed by atoms with van der Waals surface area (Å²) in [5, 5.41) is 3.66. The topological polar surface area (TPSA) is 63.7 Å². The normalized spacial score (nSPS) is 14.6. The minimum absolute atomic E-state index is 0.0753. The Morgan fingerprint density at radius 2 is 2.00 bits per heavy atom. The second-order valence-electron chi connectivity index (χ2n) is 8.14. The van der Waals surface area contributed by atoms with Crippen molar-refractivity contribution >= 4 is 23.3 Å². The molecule has 3 rings (SSSR count). The number of carbonyl (C=O) groups is 1. The number of benzene rings is 1. The molecule has 0 saturated carbocycles. The number of nitrogens with one attached hydrogen (secondary N) is 1. The Bertz CT molecular complexity index is 874. The predicted molar refractivity (Wildman–Crippen MR) is 115 cm³/mol. The zero-order chi connectivity index (χ0) is 21.0. The van der Waals surface area contributed by atoms with Crippen LogP contribution in [-0.4, -0.2) is 47.7 Å². The SMILES string of the molecule is Cc1ccc(CNc2ncc(C(=O)N3CCOCC3)cc2Cl)c(OC(C)(C)C)c1. The largest absolute Gasteiger partial charge is 0.488 e. The lowest BCUT2D eigenvalue weighted by atomic mass is 10.1. The summed E-state index contributed by atoms with van der Waals surface area (Å²) in [5.41, 5.74) is 2.33. The van der Waals surface area contributed by atoms with E-state index in [-0.39, 0.29) is 11.5 Å². The molecule has 2 heterocycles. The van der Waals surface area contributed by atoms with Gasteiger partial charge >= 0.3 is 0 Å². The van der Waals surface area contributed by atoms with Crippen molar-refractivity contribution in [3.63, 3.8) is 0 Å². The van der Waals surface area contributed by atoms with E-state index in [0.717, 1.165) is 16.9 Å². The maximum Gasteiger partial charge on any atom is 0.255 e. The van der Waals surface area contributed by atoms with E-state index in [2.05, 4.69) is 10.3 Å². The lowest BCUT2D eigenvalue weighted by molar-refractivity contribution is 0.0302. The molecule has 1 amide bonds. The Labute approximate surface area is 177 Å². The highest BCUT2D eigenvalue weighted by Gasteiger charge is 2.20. The van der Waals surface area contributed by atoms with E-state index in [1.165, 1.54) is 0 Å². The third-order valence-corrected chi connectivity index (χ3v) is 4.76. The lowest BCUT2D eigenvalue weighted by Gasteiger charge is -2.26. The number of aryl methyl sites for hydroxylation is 1. The van der Waals surface area contributed by atoms with Gasteiger partial charge in [-0.2, -0.15) is 0 Å². The fourth-order valence-corrected chi connectivity index (χ4v) is 3.28. The smallest absolute Gasteiger partial charge is 0.255 e. The van der Waals surface area contributed by atoms with Crippen LogP contribution >= 0.6 is 11.6 Å². The number of nitrogens with zero attached hydrogens (tertiary/aromatic N) is 2. The van der Waals surface area contributed by atoms with E-state index in [1.54, 1.807) is 17.2 Å². The Balaban J connectivity index is 1.71. The quantitative estimate of drug-likeness (QED) is 0.785. The minimum Gasteiger partial charge on any atom is -0.488 e. The van der Waals surface area contributed by atoms with Gasteiger partial charge in [-0.1, -0.05) is 23.7 Å². The number of hydrogen-bond acceptors (Lipinski definition) is 5. The molecule has 0 radical (unpaired) electrons. The molecule has 2 aromatic rings. The summed E-state index contributed by atoms with van der Waals surface area (Å²) in [6.45, 7) is 10.9. The van der Waals surface area contributed by atoms with Crippen LogP contribution in [0.5, 0.6) is 5.75 Å². The average molecular weight is 418 g/mol. The molecule has 0 atom stereocenters. The number of morpholine rings is 1. The van der Waals surface area contributed by atoms with E-state index in [4.69, 9.17) is 21.1 Å². The number of aromatic nitrogens is 1. The predicted octanol–water partition coefficient (Wildman–Crippen LogP) is 4.31. The molecule has 0 spiro atoms. The molecule has 156 valence electrons. The average Bonchev–Trinajstić information content (AvgIpc) is 2.67. The Morgan fingerprint density at radius 1 is 1.28 bits per heavy atom. The zero-order valence-electron chi connectivity index (χ0n) is 17.4. The van der Waals surface area contributed by atoms with Crippen molar-refractivity contribution in [3.8, 4) is 5.75 Å². The van der Waals surface area contributed by atoms with E-state index in [1.807, 2.05) is 45.9 Å². The molecule has 1 aliphatic heterocycles. The van der Waals surface area contributed by atoms with E-state index >= 15 is 0 Å². The summed E-state index contributed by atoms with van der Waals surface area (Å²) in [5.74, 6) is 1.29. The molecule has 6 nitrogen and oxygen atoms in total. The zero-order valence-corrected chi connectivity index (χ0v) is 18.2. The fourth-order valence-electron chi connectivity index (χ4n) is 3.05. The number of carbonyl (C=O) groups excluding carboxylic acids is 1. The monoisotopic (exact) mass is 417 g/mol. The third-order valence-electron chi connectivity index (χ3n) is 4.47. The lowest BCUT2D eigenvalue weighted by Crippen LogP contribution is -2.40. The van der Waals surface area contributed by atoms with Crippen LogP contribution in [0.2, 0.25) is 5.02 Å². The molecule has 1 saturated heterocycles. The van der Waals surface area contributed by atoms with Crippen LogP contribution in [0.25, 0.3) is 0 Å². The van der Waals surface area contributed by atoms with Gasteiger partial charge in [0, 0.05) is 31.4 Å². The summed E-state index contributed by atoms with van der Waals surface area (Å²) in [6, 6.07) is 7.77. The van der Waals surface area contributed by atoms with Crippen LogP contribution in [0.1, 0.15) is 42.3 Å². The van der Waals surface area contributed by atoms with Crippen LogP contribution < -0.4 is 10.1 Å². The summed E-state index contributed by atoms with van der Waals surface area (Å²) in [7, 11) is 0. The molecule has 1 N–H and O–H groups in total. The van der Waals surface area contributed by atoms with Gasteiger partial charge in [0.05, 0.1) is 23.8 Å². The first kappa shape index (κ1) is 21.4. The standard InChI is InChI=1S/C22H28ClN3O3/c1-15-5-6-16(19(11-15)29-22(2,3)4)13-24-20-18(23)12-17(14-25-20)21(27)26-7-9-28-10-8-26/h5-6,11-12,14H,7-10,13H2,1-4H3,(H,24,25). The number of ether oxygens (including phenoxy) is 2. The van der Waals surface area contributed by atoms with Crippen molar-refractivity contribution in [2.24, 2.45) is 0 Å². The number of halogens is 1. The van der Waals surface area contributed by atoms with Gasteiger partial charge < -0.3 is 19.7 Å². The van der Waals surface area contributed by atoms with Gasteiger partial charge in [-0.15, -0.1) is 0 Å². The first-order valence-corrected chi connectivity index (χ1v) is 10.2. The van der Waals surface area contributed by atoms with Crippen LogP contribution in [0.3, 0.4) is 0 Å². The van der Waals surface area contributed by atoms with E-state index in [0.29, 0.717) is 49.3 Å². The van der Waals surface area contributed by atoms with Crippen molar-refractivity contribution in [1.82, 2.24) is 9.88 Å². The van der Waals surface area contributed by atoms with Crippen molar-refractivity contribution in [3.05, 3.63) is 52.2 Å². The van der Waals surface area contributed by atoms with Gasteiger partial charge in [0.15, 0.2) is 0 Å². The third kappa shape index (κ3) is 5.84. The highest BCUT2D eigenvalue weighted by atomic mass is 35.5. The van der Waals surface area contributed by atoms with Gasteiger partial charge in [-0.3, -0.25) is 4.79 Å². The van der Waals surface area contributed by atoms with E-state index < -0.39 is 0 Å². The fraction of sp³-hybridized carbons (Fsp3) is 0.455.